The van der Waals surface area contributed by atoms with Crippen molar-refractivity contribution in [3.8, 4) is 0 Å². The van der Waals surface area contributed by atoms with Crippen molar-refractivity contribution in [2.24, 2.45) is 35.0 Å². The molecule has 0 heterocycles. The molecule has 0 radical (unpaired) electrons. The Hall–Kier alpha value is -0.780. The first-order valence-electron chi connectivity index (χ1n) is 10.8. The number of fused-ring (bicyclic) bond motifs is 2. The molecule has 3 rings (SSSR count). The Labute approximate surface area is 156 Å². The topological polar surface area (TPSA) is 0 Å². The molecular formula is C25H40. The van der Waals surface area contributed by atoms with E-state index in [9.17, 15) is 0 Å². The maximum atomic E-state index is 2.65. The lowest BCUT2D eigenvalue weighted by atomic mass is 9.70. The van der Waals surface area contributed by atoms with E-state index in [1.165, 1.54) is 38.5 Å². The highest BCUT2D eigenvalue weighted by Crippen LogP contribution is 2.54. The van der Waals surface area contributed by atoms with Crippen LogP contribution in [0, 0.1) is 35.0 Å². The maximum Gasteiger partial charge on any atom is 0.000714 e. The molecule has 25 heavy (non-hydrogen) atoms. The van der Waals surface area contributed by atoms with E-state index in [-0.39, 0.29) is 0 Å². The third-order valence-corrected chi connectivity index (χ3v) is 8.00. The maximum absolute atomic E-state index is 2.65. The van der Waals surface area contributed by atoms with Crippen molar-refractivity contribution >= 4 is 0 Å². The first-order chi connectivity index (χ1) is 11.8. The zero-order valence-electron chi connectivity index (χ0n) is 17.6. The molecule has 0 heteroatoms. The zero-order chi connectivity index (χ0) is 18.2. The molecule has 5 atom stereocenters. The lowest BCUT2D eigenvalue weighted by molar-refractivity contribution is 0.170. The third-order valence-electron chi connectivity index (χ3n) is 8.00. The molecule has 0 nitrogen and oxygen atoms in total. The van der Waals surface area contributed by atoms with Gasteiger partial charge in [-0.15, -0.1) is 0 Å². The number of allylic oxidation sites excluding steroid dienone is 6. The minimum absolute atomic E-state index is 0.502. The average molecular weight is 341 g/mol. The van der Waals surface area contributed by atoms with Crippen molar-refractivity contribution in [2.75, 3.05) is 0 Å². The second-order valence-corrected chi connectivity index (χ2v) is 10.1. The first kappa shape index (κ1) is 19.0. The van der Waals surface area contributed by atoms with Crippen LogP contribution in [0.1, 0.15) is 86.5 Å². The molecule has 3 aliphatic carbocycles. The smallest absolute Gasteiger partial charge is 0.000714 e. The summed E-state index contributed by atoms with van der Waals surface area (Å²) < 4.78 is 0. The van der Waals surface area contributed by atoms with E-state index in [0.717, 1.165) is 36.0 Å². The van der Waals surface area contributed by atoms with Crippen LogP contribution in [0.25, 0.3) is 0 Å². The van der Waals surface area contributed by atoms with E-state index in [1.807, 2.05) is 0 Å². The molecule has 140 valence electrons. The van der Waals surface area contributed by atoms with Gasteiger partial charge in [-0.1, -0.05) is 62.6 Å². The SMILES string of the molecule is C/C1=C/C[C@@]2(C)CC[C@H](C(C)C)[C@@H]2C/C=C(/C)[C@@H]2CC[C@H](C)/C2=C/C1. The van der Waals surface area contributed by atoms with Crippen LogP contribution >= 0.6 is 0 Å². The van der Waals surface area contributed by atoms with Crippen LogP contribution in [0.5, 0.6) is 0 Å². The molecule has 0 amide bonds. The molecule has 2 fully saturated rings. The quantitative estimate of drug-likeness (QED) is 0.428. The fourth-order valence-electron chi connectivity index (χ4n) is 6.06. The summed E-state index contributed by atoms with van der Waals surface area (Å²) in [5, 5.41) is 0. The van der Waals surface area contributed by atoms with Crippen molar-refractivity contribution < 1.29 is 0 Å². The Kier molecular flexibility index (Phi) is 5.66. The first-order valence-corrected chi connectivity index (χ1v) is 10.8. The number of hydrogen-bond acceptors (Lipinski definition) is 0. The van der Waals surface area contributed by atoms with E-state index >= 15 is 0 Å². The summed E-state index contributed by atoms with van der Waals surface area (Å²) in [5.41, 5.74) is 5.48. The summed E-state index contributed by atoms with van der Waals surface area (Å²) in [5.74, 6) is 4.09. The van der Waals surface area contributed by atoms with Gasteiger partial charge in [0.2, 0.25) is 0 Å². The zero-order valence-corrected chi connectivity index (χ0v) is 17.6. The van der Waals surface area contributed by atoms with Gasteiger partial charge in [-0.3, -0.25) is 0 Å². The van der Waals surface area contributed by atoms with Crippen LogP contribution in [0.15, 0.2) is 34.9 Å². The van der Waals surface area contributed by atoms with Crippen molar-refractivity contribution in [1.29, 1.82) is 0 Å². The number of rotatable bonds is 1. The Bertz CT molecular complexity index is 573. The van der Waals surface area contributed by atoms with Crippen LogP contribution in [0.2, 0.25) is 0 Å². The van der Waals surface area contributed by atoms with E-state index in [2.05, 4.69) is 59.8 Å². The molecule has 0 spiro atoms. The van der Waals surface area contributed by atoms with Gasteiger partial charge in [0.05, 0.1) is 0 Å². The van der Waals surface area contributed by atoms with Crippen LogP contribution < -0.4 is 0 Å². The van der Waals surface area contributed by atoms with Crippen molar-refractivity contribution in [2.45, 2.75) is 86.5 Å². The Morgan fingerprint density at radius 1 is 1.04 bits per heavy atom. The van der Waals surface area contributed by atoms with Crippen LogP contribution in [0.4, 0.5) is 0 Å². The Balaban J connectivity index is 1.95. The van der Waals surface area contributed by atoms with Crippen LogP contribution in [-0.4, -0.2) is 0 Å². The van der Waals surface area contributed by atoms with Gasteiger partial charge in [-0.2, -0.15) is 0 Å². The van der Waals surface area contributed by atoms with E-state index in [1.54, 1.807) is 16.7 Å². The predicted octanol–water partition coefficient (Wildman–Crippen LogP) is 7.72. The van der Waals surface area contributed by atoms with Crippen molar-refractivity contribution in [3.63, 3.8) is 0 Å². The Morgan fingerprint density at radius 2 is 1.80 bits per heavy atom. The van der Waals surface area contributed by atoms with E-state index in [4.69, 9.17) is 0 Å². The monoisotopic (exact) mass is 340 g/mol. The third kappa shape index (κ3) is 3.83. The van der Waals surface area contributed by atoms with Gasteiger partial charge in [0, 0.05) is 5.92 Å². The van der Waals surface area contributed by atoms with Gasteiger partial charge in [0.15, 0.2) is 0 Å². The van der Waals surface area contributed by atoms with Crippen molar-refractivity contribution in [3.05, 3.63) is 34.9 Å². The molecule has 0 bridgehead atoms. The van der Waals surface area contributed by atoms with Gasteiger partial charge in [-0.25, -0.2) is 0 Å². The highest BCUT2D eigenvalue weighted by molar-refractivity contribution is 5.27. The van der Waals surface area contributed by atoms with Gasteiger partial charge < -0.3 is 0 Å². The fraction of sp³-hybridized carbons (Fsp3) is 0.760. The van der Waals surface area contributed by atoms with Crippen molar-refractivity contribution in [1.82, 2.24) is 0 Å². The Morgan fingerprint density at radius 3 is 2.52 bits per heavy atom. The second kappa shape index (κ2) is 7.45. The van der Waals surface area contributed by atoms with Gasteiger partial charge in [0.25, 0.3) is 0 Å². The second-order valence-electron chi connectivity index (χ2n) is 10.1. The normalized spacial score (nSPS) is 46.0. The summed E-state index contributed by atoms with van der Waals surface area (Å²) in [6.45, 7) is 14.7. The standard InChI is InChI=1S/C25H40/c1-17(2)21-14-16-25(6)15-13-18(3)7-10-22-19(4)8-11-23(22)20(5)9-12-24(21)25/h9-10,13,17,19,21,23-24H,7-8,11-12,14-16H2,1-6H3/b18-13-,20-9-,22-10-/t19-,21+,23-,24-,25-/m0/s1. The molecule has 3 aliphatic rings. The molecule has 0 saturated heterocycles. The average Bonchev–Trinajstić information content (AvgIpc) is 3.09. The molecular weight excluding hydrogens is 300 g/mol. The molecule has 0 aromatic carbocycles. The lowest BCUT2D eigenvalue weighted by Gasteiger charge is -2.35. The molecule has 2 saturated carbocycles. The summed E-state index contributed by atoms with van der Waals surface area (Å²) in [6.07, 6.45) is 17.2. The predicted molar refractivity (Wildman–Crippen MR) is 110 cm³/mol. The summed E-state index contributed by atoms with van der Waals surface area (Å²) in [7, 11) is 0. The highest BCUT2D eigenvalue weighted by Gasteiger charge is 2.44. The van der Waals surface area contributed by atoms with Crippen LogP contribution in [-0.2, 0) is 0 Å². The van der Waals surface area contributed by atoms with E-state index < -0.39 is 0 Å². The molecule has 0 aromatic heterocycles. The summed E-state index contributed by atoms with van der Waals surface area (Å²) >= 11 is 0. The molecule has 0 unspecified atom stereocenters. The van der Waals surface area contributed by atoms with Gasteiger partial charge in [-0.05, 0) is 87.9 Å². The molecule has 0 N–H and O–H groups in total. The summed E-state index contributed by atoms with van der Waals surface area (Å²) in [4.78, 5) is 0. The van der Waals surface area contributed by atoms with Gasteiger partial charge in [0.1, 0.15) is 0 Å². The lowest BCUT2D eigenvalue weighted by Crippen LogP contribution is -2.27. The summed E-state index contributed by atoms with van der Waals surface area (Å²) in [6, 6.07) is 0. The van der Waals surface area contributed by atoms with Gasteiger partial charge >= 0.3 is 0 Å². The fourth-order valence-corrected chi connectivity index (χ4v) is 6.06. The number of hydrogen-bond donors (Lipinski definition) is 0. The highest BCUT2D eigenvalue weighted by atomic mass is 14.5. The molecule has 0 aromatic rings. The van der Waals surface area contributed by atoms with E-state index in [0.29, 0.717) is 5.41 Å². The minimum atomic E-state index is 0.502. The van der Waals surface area contributed by atoms with Crippen LogP contribution in [0.3, 0.4) is 0 Å². The minimum Gasteiger partial charge on any atom is -0.0847 e. The molecule has 0 aliphatic heterocycles. The largest absolute Gasteiger partial charge is 0.0847 e.